The van der Waals surface area contributed by atoms with E-state index in [0.29, 0.717) is 6.42 Å². The third-order valence-corrected chi connectivity index (χ3v) is 3.35. The highest BCUT2D eigenvalue weighted by molar-refractivity contribution is 7.99. The number of rotatable bonds is 4. The minimum Gasteiger partial charge on any atom is -0.398 e. The van der Waals surface area contributed by atoms with Gasteiger partial charge >= 0.3 is 0 Å². The minimum atomic E-state index is 0.0732. The number of carbonyl (C=O) groups is 1. The molecule has 0 saturated carbocycles. The Labute approximate surface area is 94.4 Å². The van der Waals surface area contributed by atoms with Crippen LogP contribution in [-0.2, 0) is 4.79 Å². The smallest absolute Gasteiger partial charge is 0.220 e. The molecule has 0 radical (unpaired) electrons. The third kappa shape index (κ3) is 3.47. The predicted octanol–water partition coefficient (Wildman–Crippen LogP) is 1.81. The van der Waals surface area contributed by atoms with Crippen LogP contribution in [0.5, 0.6) is 0 Å². The van der Waals surface area contributed by atoms with Gasteiger partial charge in [-0.05, 0) is 24.6 Å². The first kappa shape index (κ1) is 11.9. The SMILES string of the molecule is CNC(=O)CCSc1cccc(N)c1C. The summed E-state index contributed by atoms with van der Waals surface area (Å²) in [5.41, 5.74) is 7.69. The number of amides is 1. The standard InChI is InChI=1S/C11H16N2OS/c1-8-9(12)4-3-5-10(8)15-7-6-11(14)13-2/h3-5H,6-7,12H2,1-2H3,(H,13,14). The summed E-state index contributed by atoms with van der Waals surface area (Å²) in [7, 11) is 1.65. The van der Waals surface area contributed by atoms with Crippen molar-refractivity contribution in [3.8, 4) is 0 Å². The second-order valence-electron chi connectivity index (χ2n) is 3.24. The van der Waals surface area contributed by atoms with Crippen molar-refractivity contribution >= 4 is 23.4 Å². The van der Waals surface area contributed by atoms with Gasteiger partial charge in [-0.2, -0.15) is 0 Å². The van der Waals surface area contributed by atoms with Crippen molar-refractivity contribution in [3.05, 3.63) is 23.8 Å². The van der Waals surface area contributed by atoms with Crippen LogP contribution in [0.1, 0.15) is 12.0 Å². The number of hydrogen-bond acceptors (Lipinski definition) is 3. The van der Waals surface area contributed by atoms with E-state index >= 15 is 0 Å². The van der Waals surface area contributed by atoms with E-state index in [9.17, 15) is 4.79 Å². The fraction of sp³-hybridized carbons (Fsp3) is 0.364. The van der Waals surface area contributed by atoms with Crippen LogP contribution < -0.4 is 11.1 Å². The molecule has 0 unspecified atom stereocenters. The van der Waals surface area contributed by atoms with E-state index in [-0.39, 0.29) is 5.91 Å². The van der Waals surface area contributed by atoms with E-state index < -0.39 is 0 Å². The molecule has 0 fully saturated rings. The van der Waals surface area contributed by atoms with E-state index in [4.69, 9.17) is 5.73 Å². The summed E-state index contributed by atoms with van der Waals surface area (Å²) >= 11 is 1.66. The predicted molar refractivity (Wildman–Crippen MR) is 65.0 cm³/mol. The molecule has 0 heterocycles. The van der Waals surface area contributed by atoms with Crippen LogP contribution >= 0.6 is 11.8 Å². The van der Waals surface area contributed by atoms with E-state index in [1.165, 1.54) is 0 Å². The first-order valence-corrected chi connectivity index (χ1v) is 5.82. The Kier molecular flexibility index (Phi) is 4.49. The van der Waals surface area contributed by atoms with Crippen LogP contribution in [0.4, 0.5) is 5.69 Å². The Bertz CT molecular complexity index is 352. The maximum Gasteiger partial charge on any atom is 0.220 e. The van der Waals surface area contributed by atoms with Gasteiger partial charge < -0.3 is 11.1 Å². The second kappa shape index (κ2) is 5.66. The molecule has 1 rings (SSSR count). The number of nitrogens with two attached hydrogens (primary N) is 1. The highest BCUT2D eigenvalue weighted by Crippen LogP contribution is 2.26. The lowest BCUT2D eigenvalue weighted by molar-refractivity contribution is -0.120. The monoisotopic (exact) mass is 224 g/mol. The first-order valence-electron chi connectivity index (χ1n) is 4.83. The van der Waals surface area contributed by atoms with E-state index in [1.54, 1.807) is 18.8 Å². The van der Waals surface area contributed by atoms with E-state index in [0.717, 1.165) is 21.9 Å². The molecule has 0 aliphatic heterocycles. The molecule has 0 aromatic heterocycles. The normalized spacial score (nSPS) is 10.0. The molecule has 0 aliphatic rings. The van der Waals surface area contributed by atoms with E-state index in [2.05, 4.69) is 5.32 Å². The molecule has 0 saturated heterocycles. The number of anilines is 1. The average Bonchev–Trinajstić information content (AvgIpc) is 2.24. The van der Waals surface area contributed by atoms with Crippen LogP contribution in [0.3, 0.4) is 0 Å². The largest absolute Gasteiger partial charge is 0.398 e. The molecule has 0 aliphatic carbocycles. The fourth-order valence-electron chi connectivity index (χ4n) is 1.17. The van der Waals surface area contributed by atoms with Gasteiger partial charge in [-0.25, -0.2) is 0 Å². The molecule has 1 amide bonds. The maximum absolute atomic E-state index is 11.0. The van der Waals surface area contributed by atoms with Crippen molar-refractivity contribution < 1.29 is 4.79 Å². The molecule has 0 bridgehead atoms. The van der Waals surface area contributed by atoms with Crippen molar-refractivity contribution in [1.29, 1.82) is 0 Å². The molecular weight excluding hydrogens is 208 g/mol. The van der Waals surface area contributed by atoms with Crippen molar-refractivity contribution in [3.63, 3.8) is 0 Å². The molecule has 1 aromatic carbocycles. The van der Waals surface area contributed by atoms with E-state index in [1.807, 2.05) is 25.1 Å². The Morgan fingerprint density at radius 1 is 1.53 bits per heavy atom. The number of hydrogen-bond donors (Lipinski definition) is 2. The summed E-state index contributed by atoms with van der Waals surface area (Å²) in [5, 5.41) is 2.60. The molecule has 4 heteroatoms. The van der Waals surface area contributed by atoms with Crippen molar-refractivity contribution in [2.75, 3.05) is 18.5 Å². The summed E-state index contributed by atoms with van der Waals surface area (Å²) in [5.74, 6) is 0.855. The molecule has 15 heavy (non-hydrogen) atoms. The summed E-state index contributed by atoms with van der Waals surface area (Å²) in [6.07, 6.45) is 0.537. The number of nitrogens with one attached hydrogen (secondary N) is 1. The van der Waals surface area contributed by atoms with Gasteiger partial charge in [0.25, 0.3) is 0 Å². The maximum atomic E-state index is 11.0. The zero-order chi connectivity index (χ0) is 11.3. The van der Waals surface area contributed by atoms with Crippen LogP contribution in [0.15, 0.2) is 23.1 Å². The number of benzene rings is 1. The summed E-state index contributed by atoms with van der Waals surface area (Å²) in [4.78, 5) is 12.2. The van der Waals surface area contributed by atoms with Gasteiger partial charge in [0.1, 0.15) is 0 Å². The van der Waals surface area contributed by atoms with Gasteiger partial charge in [0, 0.05) is 29.8 Å². The number of carbonyl (C=O) groups excluding carboxylic acids is 1. The zero-order valence-corrected chi connectivity index (χ0v) is 9.86. The molecular formula is C11H16N2OS. The Hall–Kier alpha value is -1.16. The lowest BCUT2D eigenvalue weighted by Gasteiger charge is -2.07. The molecule has 3 N–H and O–H groups in total. The van der Waals surface area contributed by atoms with Gasteiger partial charge in [0.2, 0.25) is 5.91 Å². The molecule has 0 atom stereocenters. The van der Waals surface area contributed by atoms with Gasteiger partial charge in [-0.3, -0.25) is 4.79 Å². The Morgan fingerprint density at radius 3 is 2.93 bits per heavy atom. The summed E-state index contributed by atoms with van der Waals surface area (Å²) in [6.45, 7) is 2.00. The lowest BCUT2D eigenvalue weighted by Crippen LogP contribution is -2.17. The molecule has 82 valence electrons. The van der Waals surface area contributed by atoms with Gasteiger partial charge in [-0.1, -0.05) is 6.07 Å². The number of nitrogen functional groups attached to an aromatic ring is 1. The van der Waals surface area contributed by atoms with Gasteiger partial charge in [-0.15, -0.1) is 11.8 Å². The van der Waals surface area contributed by atoms with Crippen LogP contribution in [-0.4, -0.2) is 18.7 Å². The molecule has 1 aromatic rings. The van der Waals surface area contributed by atoms with Crippen molar-refractivity contribution in [1.82, 2.24) is 5.32 Å². The van der Waals surface area contributed by atoms with Crippen molar-refractivity contribution in [2.24, 2.45) is 0 Å². The Morgan fingerprint density at radius 2 is 2.27 bits per heavy atom. The first-order chi connectivity index (χ1) is 7.15. The van der Waals surface area contributed by atoms with Crippen molar-refractivity contribution in [2.45, 2.75) is 18.2 Å². The second-order valence-corrected chi connectivity index (χ2v) is 4.38. The number of thioether (sulfide) groups is 1. The van der Waals surface area contributed by atoms with Crippen LogP contribution in [0, 0.1) is 6.92 Å². The minimum absolute atomic E-state index is 0.0732. The third-order valence-electron chi connectivity index (χ3n) is 2.19. The quantitative estimate of drug-likeness (QED) is 0.606. The van der Waals surface area contributed by atoms with Gasteiger partial charge in [0.15, 0.2) is 0 Å². The topological polar surface area (TPSA) is 55.1 Å². The molecule has 3 nitrogen and oxygen atoms in total. The summed E-state index contributed by atoms with van der Waals surface area (Å²) in [6, 6.07) is 5.85. The average molecular weight is 224 g/mol. The lowest BCUT2D eigenvalue weighted by atomic mass is 10.2. The summed E-state index contributed by atoms with van der Waals surface area (Å²) < 4.78 is 0. The highest BCUT2D eigenvalue weighted by Gasteiger charge is 2.03. The van der Waals surface area contributed by atoms with Gasteiger partial charge in [0.05, 0.1) is 0 Å². The highest BCUT2D eigenvalue weighted by atomic mass is 32.2. The Balaban J connectivity index is 2.51. The van der Waals surface area contributed by atoms with Crippen LogP contribution in [0.25, 0.3) is 0 Å². The fourth-order valence-corrected chi connectivity index (χ4v) is 2.18. The van der Waals surface area contributed by atoms with Crippen LogP contribution in [0.2, 0.25) is 0 Å². The molecule has 0 spiro atoms. The zero-order valence-electron chi connectivity index (χ0n) is 9.04.